The zero-order chi connectivity index (χ0) is 80.4. The molecule has 0 spiro atoms. The van der Waals surface area contributed by atoms with Gasteiger partial charge in [0.15, 0.2) is 11.4 Å². The van der Waals surface area contributed by atoms with E-state index in [2.05, 4.69) is 41.5 Å². The first kappa shape index (κ1) is 109. The number of rotatable bonds is 96. The van der Waals surface area contributed by atoms with Crippen LogP contribution in [0.25, 0.3) is 0 Å². The summed E-state index contributed by atoms with van der Waals surface area (Å²) in [5.74, 6) is -0.406. The van der Waals surface area contributed by atoms with E-state index in [0.29, 0.717) is 38.5 Å². The Labute approximate surface area is 691 Å². The summed E-state index contributed by atoms with van der Waals surface area (Å²) >= 11 is 0. The zero-order valence-corrected chi connectivity index (χ0v) is 76.4. The highest BCUT2D eigenvalue weighted by Gasteiger charge is 2.74. The first-order valence-electron chi connectivity index (χ1n) is 51.6. The van der Waals surface area contributed by atoms with E-state index >= 15 is 4.79 Å². The smallest absolute Gasteiger partial charge is 0.167 e. The molecule has 0 heterocycles. The Bertz CT molecular complexity index is 1810. The molecule has 0 fully saturated rings. The van der Waals surface area contributed by atoms with Gasteiger partial charge in [-0.15, -0.1) is 0 Å². The van der Waals surface area contributed by atoms with E-state index in [9.17, 15) is 30.6 Å². The van der Waals surface area contributed by atoms with Crippen molar-refractivity contribution in [3.05, 3.63) is 0 Å². The van der Waals surface area contributed by atoms with Crippen LogP contribution in [-0.2, 0) is 4.79 Å². The van der Waals surface area contributed by atoms with Gasteiger partial charge in [0.1, 0.15) is 22.4 Å². The van der Waals surface area contributed by atoms with Gasteiger partial charge in [-0.25, -0.2) is 0 Å². The first-order valence-corrected chi connectivity index (χ1v) is 51.6. The molecule has 0 aliphatic carbocycles. The zero-order valence-electron chi connectivity index (χ0n) is 76.4. The number of carbonyl (C=O) groups excluding carboxylic acids is 1. The quantitative estimate of drug-likeness (QED) is 0.0334. The van der Waals surface area contributed by atoms with Gasteiger partial charge in [-0.3, -0.25) is 4.79 Å². The summed E-state index contributed by atoms with van der Waals surface area (Å²) in [7, 11) is 0. The maximum atomic E-state index is 16.0. The van der Waals surface area contributed by atoms with E-state index in [4.69, 9.17) is 0 Å². The summed E-state index contributed by atoms with van der Waals surface area (Å²) < 4.78 is 0. The molecule has 0 saturated heterocycles. The van der Waals surface area contributed by atoms with Crippen molar-refractivity contribution < 1.29 is 35.4 Å². The Kier molecular flexibility index (Phi) is 81.7. The lowest BCUT2D eigenvalue weighted by Gasteiger charge is -2.61. The third-order valence-electron chi connectivity index (χ3n) is 26.8. The van der Waals surface area contributed by atoms with Crippen LogP contribution in [0, 0.1) is 0 Å². The van der Waals surface area contributed by atoms with Gasteiger partial charge in [-0.05, 0) is 38.5 Å². The highest BCUT2D eigenvalue weighted by Crippen LogP contribution is 2.55. The second kappa shape index (κ2) is 82.1. The Morgan fingerprint density at radius 1 is 0.173 bits per heavy atom. The Morgan fingerprint density at radius 3 is 0.509 bits per heavy atom. The van der Waals surface area contributed by atoms with Crippen LogP contribution in [-0.4, -0.2) is 71.0 Å². The van der Waals surface area contributed by atoms with E-state index in [1.165, 1.54) is 366 Å². The molecule has 6 N–H and O–H groups in total. The highest BCUT2D eigenvalue weighted by atomic mass is 16.4. The minimum atomic E-state index is -2.53. The molecule has 0 aliphatic rings. The van der Waals surface area contributed by atoms with Crippen molar-refractivity contribution in [3.63, 3.8) is 0 Å². The standard InChI is InChI=1S/C103H206O7/c1-7-13-19-25-31-37-43-49-55-61-67-73-79-85-91-98(105)100(107,93-87-81-75-69-63-57-51-45-39-33-27-21-15-9-3)102(109,95-89-83-77-71-65-59-53-47-41-35-29-23-17-11-5)103(110,96-90-84-78-72-66-60-54-48-42-36-30-24-18-12-6)101(108,94-88-82-76-70-64-58-52-46-40-34-28-22-16-10-4)99(106,97-104)92-86-80-74-68-62-56-50-44-38-32-26-20-14-8-2/h104,106-110H,7-97H2,1-6H3/t99-,100+,101-,102+,103+/m1/s1. The molecule has 0 bridgehead atoms. The van der Waals surface area contributed by atoms with Gasteiger partial charge >= 0.3 is 0 Å². The molecule has 7 heteroatoms. The van der Waals surface area contributed by atoms with Gasteiger partial charge in [-0.2, -0.15) is 0 Å². The molecule has 0 rings (SSSR count). The SMILES string of the molecule is CCCCCCCCCCCCCCCCC(=O)[C@@](O)(CCCCCCCCCCCCCCCC)[C@@](O)(CCCCCCCCCCCCCCCC)[C@](O)(CCCCCCCCCCCCCCCC)[C@@](O)(CCCCCCCCCCCCCCCC)[C@](O)(CO)CCCCCCCCCCCCCCCC. The van der Waals surface area contributed by atoms with Gasteiger partial charge in [0.2, 0.25) is 0 Å². The molecular formula is C103H206O7. The molecule has 7 nitrogen and oxygen atoms in total. The summed E-state index contributed by atoms with van der Waals surface area (Å²) in [4.78, 5) is 16.0. The number of ketones is 1. The minimum Gasteiger partial charge on any atom is -0.393 e. The van der Waals surface area contributed by atoms with Crippen molar-refractivity contribution in [2.45, 2.75) is 647 Å². The molecule has 110 heavy (non-hydrogen) atoms. The van der Waals surface area contributed by atoms with E-state index in [0.717, 1.165) is 135 Å². The van der Waals surface area contributed by atoms with E-state index < -0.39 is 40.4 Å². The highest BCUT2D eigenvalue weighted by molar-refractivity contribution is 5.89. The summed E-state index contributed by atoms with van der Waals surface area (Å²) in [5, 5.41) is 84.6. The molecule has 0 aromatic carbocycles. The van der Waals surface area contributed by atoms with Crippen molar-refractivity contribution in [2.75, 3.05) is 6.61 Å². The van der Waals surface area contributed by atoms with E-state index in [1.807, 2.05) is 0 Å². The van der Waals surface area contributed by atoms with Gasteiger partial charge in [0, 0.05) is 6.42 Å². The third-order valence-corrected chi connectivity index (χ3v) is 26.8. The topological polar surface area (TPSA) is 138 Å². The molecule has 0 aromatic heterocycles. The fraction of sp³-hybridized carbons (Fsp3) is 0.990. The van der Waals surface area contributed by atoms with Gasteiger partial charge in [0.05, 0.1) is 6.61 Å². The molecule has 0 amide bonds. The van der Waals surface area contributed by atoms with Crippen LogP contribution in [0.15, 0.2) is 0 Å². The second-order valence-corrected chi connectivity index (χ2v) is 37.1. The average Bonchev–Trinajstić information content (AvgIpc) is 0.696. The van der Waals surface area contributed by atoms with Crippen LogP contribution in [0.1, 0.15) is 619 Å². The second-order valence-electron chi connectivity index (χ2n) is 37.1. The number of aliphatic hydroxyl groups excluding tert-OH is 1. The van der Waals surface area contributed by atoms with Crippen molar-refractivity contribution in [1.29, 1.82) is 0 Å². The number of carbonyl (C=O) groups is 1. The van der Waals surface area contributed by atoms with Crippen LogP contribution >= 0.6 is 0 Å². The Morgan fingerprint density at radius 2 is 0.318 bits per heavy atom. The van der Waals surface area contributed by atoms with Crippen LogP contribution in [0.3, 0.4) is 0 Å². The van der Waals surface area contributed by atoms with Crippen molar-refractivity contribution >= 4 is 5.78 Å². The molecule has 0 aliphatic heterocycles. The summed E-state index contributed by atoms with van der Waals surface area (Å²) in [6, 6.07) is 0. The largest absolute Gasteiger partial charge is 0.393 e. The lowest BCUT2D eigenvalue weighted by Crippen LogP contribution is -2.82. The van der Waals surface area contributed by atoms with Gasteiger partial charge in [0.25, 0.3) is 0 Å². The first-order chi connectivity index (χ1) is 53.8. The Hall–Kier alpha value is -0.570. The normalized spacial score (nSPS) is 14.8. The van der Waals surface area contributed by atoms with E-state index in [-0.39, 0.29) is 38.5 Å². The molecule has 5 atom stereocenters. The lowest BCUT2D eigenvalue weighted by atomic mass is 9.52. The molecule has 0 radical (unpaired) electrons. The number of unbranched alkanes of at least 4 members (excludes halogenated alkanes) is 78. The van der Waals surface area contributed by atoms with Crippen LogP contribution in [0.4, 0.5) is 0 Å². The van der Waals surface area contributed by atoms with Crippen molar-refractivity contribution in [3.8, 4) is 0 Å². The molecule has 0 saturated carbocycles. The molecule has 0 aromatic rings. The monoisotopic (exact) mass is 1560 g/mol. The predicted molar refractivity (Wildman–Crippen MR) is 486 cm³/mol. The number of Topliss-reactive ketones (excluding diaryl/α,β-unsaturated/α-hetero) is 1. The lowest BCUT2D eigenvalue weighted by molar-refractivity contribution is -0.341. The summed E-state index contributed by atoms with van der Waals surface area (Å²) in [5.41, 5.74) is -12.1. The third kappa shape index (κ3) is 57.5. The fourth-order valence-electron chi connectivity index (χ4n) is 18.9. The van der Waals surface area contributed by atoms with Gasteiger partial charge < -0.3 is 30.6 Å². The van der Waals surface area contributed by atoms with E-state index in [1.54, 1.807) is 0 Å². The number of hydrogen-bond donors (Lipinski definition) is 6. The van der Waals surface area contributed by atoms with Crippen LogP contribution < -0.4 is 0 Å². The van der Waals surface area contributed by atoms with Crippen molar-refractivity contribution in [2.24, 2.45) is 0 Å². The van der Waals surface area contributed by atoms with Crippen molar-refractivity contribution in [1.82, 2.24) is 0 Å². The minimum absolute atomic E-state index is 0.00404. The average molecular weight is 1560 g/mol. The molecule has 0 unspecified atom stereocenters. The maximum absolute atomic E-state index is 16.0. The Balaban J connectivity index is 7.73. The molecule has 660 valence electrons. The fourth-order valence-corrected chi connectivity index (χ4v) is 18.9. The summed E-state index contributed by atoms with van der Waals surface area (Å²) in [6.07, 6.45) is 98.3. The van der Waals surface area contributed by atoms with Crippen LogP contribution in [0.2, 0.25) is 0 Å². The number of hydrogen-bond acceptors (Lipinski definition) is 7. The predicted octanol–water partition coefficient (Wildman–Crippen LogP) is 33.4. The summed E-state index contributed by atoms with van der Waals surface area (Å²) in [6.45, 7) is 12.9. The number of aliphatic hydroxyl groups is 6. The van der Waals surface area contributed by atoms with Crippen LogP contribution in [0.5, 0.6) is 0 Å². The van der Waals surface area contributed by atoms with Gasteiger partial charge in [-0.1, -0.05) is 574 Å². The molecular weight excluding hydrogens is 1350 g/mol. The maximum Gasteiger partial charge on any atom is 0.167 e.